The number of phenolic OH excluding ortho intramolecular Hbond substituents is 4. The number of aliphatic hydroxyl groups is 5. The predicted molar refractivity (Wildman–Crippen MR) is 96.4 cm³/mol. The van der Waals surface area contributed by atoms with Gasteiger partial charge >= 0.3 is 0 Å². The standard InChI is InChI=1S/C19H20O11/c20-4-11-15(26)16(27)17(28)19(30-11)13-9(24)2-8(23)12-14(25)5-1-6(21)7(22)3-10(5)29-18(12)13/h1-3,11,14-17,19-28H,4H2/t11?,14?,15?,16-,17-,19?/m0/s1. The zero-order valence-electron chi connectivity index (χ0n) is 15.2. The summed E-state index contributed by atoms with van der Waals surface area (Å²) in [5.41, 5.74) is -0.479. The normalized spacial score (nSPS) is 30.3. The summed E-state index contributed by atoms with van der Waals surface area (Å²) in [6.45, 7) is -0.706. The number of aromatic hydroxyl groups is 4. The van der Waals surface area contributed by atoms with Crippen LogP contribution in [0.2, 0.25) is 0 Å². The third-order valence-corrected chi connectivity index (χ3v) is 5.38. The summed E-state index contributed by atoms with van der Waals surface area (Å²) in [6, 6.07) is 2.92. The van der Waals surface area contributed by atoms with Crippen molar-refractivity contribution >= 4 is 0 Å². The first-order valence-electron chi connectivity index (χ1n) is 8.96. The van der Waals surface area contributed by atoms with Crippen LogP contribution in [0.25, 0.3) is 0 Å². The molecule has 2 aliphatic heterocycles. The number of phenols is 4. The van der Waals surface area contributed by atoms with Gasteiger partial charge in [-0.3, -0.25) is 0 Å². The highest BCUT2D eigenvalue weighted by Gasteiger charge is 2.47. The second kappa shape index (κ2) is 7.16. The van der Waals surface area contributed by atoms with Gasteiger partial charge in [0.15, 0.2) is 11.5 Å². The van der Waals surface area contributed by atoms with E-state index in [1.54, 1.807) is 0 Å². The summed E-state index contributed by atoms with van der Waals surface area (Å²) in [5.74, 6) is -2.70. The zero-order chi connectivity index (χ0) is 21.9. The van der Waals surface area contributed by atoms with Gasteiger partial charge in [-0.2, -0.15) is 0 Å². The lowest BCUT2D eigenvalue weighted by Crippen LogP contribution is -2.55. The van der Waals surface area contributed by atoms with Gasteiger partial charge in [-0.15, -0.1) is 0 Å². The number of fused-ring (bicyclic) bond motifs is 2. The molecule has 1 saturated heterocycles. The van der Waals surface area contributed by atoms with Gasteiger partial charge in [0.1, 0.15) is 59.6 Å². The molecule has 2 aromatic rings. The van der Waals surface area contributed by atoms with Gasteiger partial charge in [0, 0.05) is 17.7 Å². The Balaban J connectivity index is 1.88. The van der Waals surface area contributed by atoms with Crippen LogP contribution in [-0.2, 0) is 4.74 Å². The molecular weight excluding hydrogens is 404 g/mol. The van der Waals surface area contributed by atoms with Crippen molar-refractivity contribution in [2.45, 2.75) is 36.6 Å². The summed E-state index contributed by atoms with van der Waals surface area (Å²) in [4.78, 5) is 0. The molecule has 30 heavy (non-hydrogen) atoms. The first kappa shape index (κ1) is 20.5. The fraction of sp³-hybridized carbons (Fsp3) is 0.368. The zero-order valence-corrected chi connectivity index (χ0v) is 15.2. The van der Waals surface area contributed by atoms with E-state index in [4.69, 9.17) is 9.47 Å². The quantitative estimate of drug-likeness (QED) is 0.274. The second-order valence-electron chi connectivity index (χ2n) is 7.20. The molecule has 2 aromatic carbocycles. The highest BCUT2D eigenvalue weighted by Crippen LogP contribution is 2.55. The minimum atomic E-state index is -1.77. The molecule has 0 amide bonds. The molecule has 2 heterocycles. The number of hydrogen-bond acceptors (Lipinski definition) is 11. The average molecular weight is 424 g/mol. The van der Waals surface area contributed by atoms with Crippen LogP contribution in [0, 0.1) is 0 Å². The number of aliphatic hydroxyl groups excluding tert-OH is 5. The lowest BCUT2D eigenvalue weighted by Gasteiger charge is -2.41. The van der Waals surface area contributed by atoms with E-state index in [9.17, 15) is 46.0 Å². The van der Waals surface area contributed by atoms with Crippen LogP contribution >= 0.6 is 0 Å². The van der Waals surface area contributed by atoms with Crippen molar-refractivity contribution in [1.29, 1.82) is 0 Å². The van der Waals surface area contributed by atoms with Gasteiger partial charge in [0.05, 0.1) is 17.7 Å². The third-order valence-electron chi connectivity index (χ3n) is 5.38. The van der Waals surface area contributed by atoms with Crippen LogP contribution < -0.4 is 4.74 Å². The van der Waals surface area contributed by atoms with E-state index in [-0.39, 0.29) is 28.2 Å². The van der Waals surface area contributed by atoms with Crippen molar-refractivity contribution in [3.63, 3.8) is 0 Å². The Morgan fingerprint density at radius 1 is 0.733 bits per heavy atom. The monoisotopic (exact) mass is 424 g/mol. The first-order chi connectivity index (χ1) is 14.1. The molecule has 4 rings (SSSR count). The summed E-state index contributed by atoms with van der Waals surface area (Å²) in [5, 5.41) is 90.8. The van der Waals surface area contributed by atoms with E-state index in [1.807, 2.05) is 0 Å². The van der Waals surface area contributed by atoms with E-state index in [0.29, 0.717) is 0 Å². The minimum absolute atomic E-state index is 0.0125. The largest absolute Gasteiger partial charge is 0.507 e. The van der Waals surface area contributed by atoms with E-state index in [2.05, 4.69) is 0 Å². The Morgan fingerprint density at radius 2 is 1.37 bits per heavy atom. The molecule has 0 spiro atoms. The molecule has 0 aromatic heterocycles. The summed E-state index contributed by atoms with van der Waals surface area (Å²) in [7, 11) is 0. The molecule has 11 nitrogen and oxygen atoms in total. The Kier molecular flexibility index (Phi) is 4.89. The number of hydrogen-bond donors (Lipinski definition) is 9. The van der Waals surface area contributed by atoms with Crippen molar-refractivity contribution in [3.8, 4) is 34.5 Å². The predicted octanol–water partition coefficient (Wildman–Crippen LogP) is -0.789. The maximum absolute atomic E-state index is 10.7. The summed E-state index contributed by atoms with van der Waals surface area (Å²) >= 11 is 0. The molecule has 162 valence electrons. The minimum Gasteiger partial charge on any atom is -0.507 e. The van der Waals surface area contributed by atoms with Gasteiger partial charge in [-0.05, 0) is 6.07 Å². The van der Waals surface area contributed by atoms with Crippen LogP contribution in [0.15, 0.2) is 18.2 Å². The smallest absolute Gasteiger partial charge is 0.161 e. The highest BCUT2D eigenvalue weighted by atomic mass is 16.5. The maximum atomic E-state index is 10.7. The molecule has 1 fully saturated rings. The second-order valence-corrected chi connectivity index (χ2v) is 7.20. The highest BCUT2D eigenvalue weighted by molar-refractivity contribution is 5.66. The molecule has 0 radical (unpaired) electrons. The molecule has 4 unspecified atom stereocenters. The number of benzene rings is 2. The van der Waals surface area contributed by atoms with Gasteiger partial charge in [0.2, 0.25) is 0 Å². The number of ether oxygens (including phenoxy) is 2. The molecule has 2 aliphatic rings. The van der Waals surface area contributed by atoms with Crippen LogP contribution in [0.5, 0.6) is 34.5 Å². The maximum Gasteiger partial charge on any atom is 0.161 e. The SMILES string of the molecule is OCC1OC(c2c(O)cc(O)c3c2Oc2cc(O)c(O)cc2C3O)[C@@H](O)[C@@H](O)C1O. The molecule has 0 aliphatic carbocycles. The van der Waals surface area contributed by atoms with Gasteiger partial charge < -0.3 is 55.4 Å². The molecule has 0 saturated carbocycles. The van der Waals surface area contributed by atoms with Crippen molar-refractivity contribution in [1.82, 2.24) is 0 Å². The molecule has 0 bridgehead atoms. The van der Waals surface area contributed by atoms with Crippen molar-refractivity contribution in [2.75, 3.05) is 6.61 Å². The third kappa shape index (κ3) is 2.91. The molecular formula is C19H20O11. The fourth-order valence-corrected chi connectivity index (χ4v) is 3.79. The van der Waals surface area contributed by atoms with Gasteiger partial charge in [-0.1, -0.05) is 0 Å². The topological polar surface area (TPSA) is 201 Å². The van der Waals surface area contributed by atoms with Crippen LogP contribution in [0.1, 0.15) is 28.9 Å². The number of rotatable bonds is 2. The molecule has 6 atom stereocenters. The van der Waals surface area contributed by atoms with Crippen LogP contribution in [0.4, 0.5) is 0 Å². The lowest BCUT2D eigenvalue weighted by molar-refractivity contribution is -0.232. The van der Waals surface area contributed by atoms with E-state index < -0.39 is 66.2 Å². The van der Waals surface area contributed by atoms with E-state index in [0.717, 1.165) is 18.2 Å². The fourth-order valence-electron chi connectivity index (χ4n) is 3.79. The lowest BCUT2D eigenvalue weighted by atomic mass is 9.86. The average Bonchev–Trinajstić information content (AvgIpc) is 2.69. The van der Waals surface area contributed by atoms with Crippen LogP contribution in [0.3, 0.4) is 0 Å². The summed E-state index contributed by atoms with van der Waals surface area (Å²) < 4.78 is 11.1. The Morgan fingerprint density at radius 3 is 2.03 bits per heavy atom. The Labute approximate surface area is 168 Å². The molecule has 11 heteroatoms. The van der Waals surface area contributed by atoms with E-state index >= 15 is 0 Å². The first-order valence-corrected chi connectivity index (χ1v) is 8.96. The van der Waals surface area contributed by atoms with Gasteiger partial charge in [0.25, 0.3) is 0 Å². The van der Waals surface area contributed by atoms with Crippen molar-refractivity contribution in [2.24, 2.45) is 0 Å². The van der Waals surface area contributed by atoms with Crippen molar-refractivity contribution < 1.29 is 55.4 Å². The Bertz CT molecular complexity index is 989. The Hall–Kier alpha value is -2.80. The molecule has 9 N–H and O–H groups in total. The summed E-state index contributed by atoms with van der Waals surface area (Å²) in [6.07, 6.45) is -9.50. The van der Waals surface area contributed by atoms with Gasteiger partial charge in [-0.25, -0.2) is 0 Å². The van der Waals surface area contributed by atoms with E-state index in [1.165, 1.54) is 0 Å². The van der Waals surface area contributed by atoms with Crippen molar-refractivity contribution in [3.05, 3.63) is 34.9 Å². The van der Waals surface area contributed by atoms with Crippen LogP contribution in [-0.4, -0.2) is 77.0 Å².